The number of carbonyl (C=O) groups is 1. The van der Waals surface area contributed by atoms with E-state index in [1.807, 2.05) is 18.2 Å². The van der Waals surface area contributed by atoms with Crippen LogP contribution in [-0.2, 0) is 21.2 Å². The Morgan fingerprint density at radius 1 is 1.00 bits per heavy atom. The molecule has 3 aromatic rings. The molecule has 0 unspecified atom stereocenters. The van der Waals surface area contributed by atoms with Gasteiger partial charge < -0.3 is 10.1 Å². The molecule has 0 saturated heterocycles. The van der Waals surface area contributed by atoms with E-state index in [9.17, 15) is 13.2 Å². The molecule has 172 valence electrons. The Morgan fingerprint density at radius 2 is 1.79 bits per heavy atom. The highest BCUT2D eigenvalue weighted by atomic mass is 35.5. The highest BCUT2D eigenvalue weighted by Crippen LogP contribution is 2.34. The number of hydrogen-bond donors (Lipinski definition) is 1. The van der Waals surface area contributed by atoms with Crippen LogP contribution in [0.3, 0.4) is 0 Å². The zero-order valence-corrected chi connectivity index (χ0v) is 20.3. The van der Waals surface area contributed by atoms with Crippen LogP contribution in [0.5, 0.6) is 5.75 Å². The summed E-state index contributed by atoms with van der Waals surface area (Å²) in [6.45, 7) is 0.0373. The lowest BCUT2D eigenvalue weighted by molar-refractivity contribution is -0.118. The number of carbonyl (C=O) groups excluding carboxylic acids is 1. The second-order valence-corrected chi connectivity index (χ2v) is 10.5. The number of aryl methyl sites for hydroxylation is 1. The number of amides is 1. The van der Waals surface area contributed by atoms with Crippen molar-refractivity contribution in [2.75, 3.05) is 22.8 Å². The number of nitrogens with zero attached hydrogens (tertiary/aromatic N) is 1. The highest BCUT2D eigenvalue weighted by Gasteiger charge is 2.29. The van der Waals surface area contributed by atoms with Gasteiger partial charge in [0.25, 0.3) is 15.9 Å². The molecule has 0 atom stereocenters. The van der Waals surface area contributed by atoms with Crippen LogP contribution in [0, 0.1) is 0 Å². The molecule has 0 radical (unpaired) electrons. The Bertz CT molecular complexity index is 1310. The van der Waals surface area contributed by atoms with Crippen molar-refractivity contribution in [3.63, 3.8) is 0 Å². The van der Waals surface area contributed by atoms with Gasteiger partial charge in [-0.25, -0.2) is 8.42 Å². The Labute approximate surface area is 207 Å². The molecule has 1 aliphatic heterocycles. The molecule has 1 amide bonds. The molecule has 0 aromatic heterocycles. The van der Waals surface area contributed by atoms with Gasteiger partial charge >= 0.3 is 0 Å². The van der Waals surface area contributed by atoms with Crippen molar-refractivity contribution >= 4 is 62.1 Å². The summed E-state index contributed by atoms with van der Waals surface area (Å²) >= 11 is 18.2. The molecule has 4 rings (SSSR count). The maximum atomic E-state index is 13.3. The second kappa shape index (κ2) is 9.81. The molecule has 0 saturated carbocycles. The first-order valence-electron chi connectivity index (χ1n) is 10.0. The predicted molar refractivity (Wildman–Crippen MR) is 131 cm³/mol. The average Bonchev–Trinajstić information content (AvgIpc) is 2.80. The van der Waals surface area contributed by atoms with Crippen LogP contribution < -0.4 is 14.4 Å². The van der Waals surface area contributed by atoms with Gasteiger partial charge in [0.15, 0.2) is 6.61 Å². The molecule has 1 aliphatic rings. The quantitative estimate of drug-likeness (QED) is 0.441. The van der Waals surface area contributed by atoms with Gasteiger partial charge in [0.2, 0.25) is 0 Å². The van der Waals surface area contributed by atoms with Crippen molar-refractivity contribution in [2.45, 2.75) is 17.7 Å². The lowest BCUT2D eigenvalue weighted by atomic mass is 10.0. The number of ether oxygens (including phenoxy) is 1. The van der Waals surface area contributed by atoms with E-state index < -0.39 is 15.9 Å². The lowest BCUT2D eigenvalue weighted by Crippen LogP contribution is -2.35. The maximum absolute atomic E-state index is 13.3. The molecule has 0 fully saturated rings. The van der Waals surface area contributed by atoms with Crippen LogP contribution in [0.2, 0.25) is 15.1 Å². The van der Waals surface area contributed by atoms with Gasteiger partial charge in [-0.2, -0.15) is 0 Å². The zero-order chi connectivity index (χ0) is 23.6. The predicted octanol–water partition coefficient (Wildman–Crippen LogP) is 5.81. The Kier molecular flexibility index (Phi) is 7.05. The van der Waals surface area contributed by atoms with Crippen LogP contribution in [0.25, 0.3) is 0 Å². The fraction of sp³-hybridized carbons (Fsp3) is 0.174. The van der Waals surface area contributed by atoms with Gasteiger partial charge in [-0.1, -0.05) is 53.0 Å². The van der Waals surface area contributed by atoms with Gasteiger partial charge in [0.1, 0.15) is 5.75 Å². The molecular weight excluding hydrogens is 507 g/mol. The van der Waals surface area contributed by atoms with E-state index in [4.69, 9.17) is 39.5 Å². The van der Waals surface area contributed by atoms with Crippen molar-refractivity contribution < 1.29 is 17.9 Å². The molecule has 0 bridgehead atoms. The number of hydrogen-bond acceptors (Lipinski definition) is 4. The fourth-order valence-corrected chi connectivity index (χ4v) is 5.76. The summed E-state index contributed by atoms with van der Waals surface area (Å²) in [5, 5.41) is 3.44. The lowest BCUT2D eigenvalue weighted by Gasteiger charge is -2.30. The third-order valence-electron chi connectivity index (χ3n) is 5.12. The average molecular weight is 526 g/mol. The normalized spacial score (nSPS) is 13.4. The van der Waals surface area contributed by atoms with E-state index in [0.29, 0.717) is 28.0 Å². The summed E-state index contributed by atoms with van der Waals surface area (Å²) in [5.41, 5.74) is 2.02. The van der Waals surface area contributed by atoms with Gasteiger partial charge in [0, 0.05) is 11.6 Å². The highest BCUT2D eigenvalue weighted by molar-refractivity contribution is 7.92. The standard InChI is InChI=1S/C23H19Cl3N2O4S/c24-16-7-9-18(25)20(12-16)27-23(29)14-32-22-10-8-17(13-19(22)26)33(30,31)28-11-3-5-15-4-1-2-6-21(15)28/h1-2,4,6-10,12-13H,3,5,11,14H2,(H,27,29). The van der Waals surface area contributed by atoms with Crippen molar-refractivity contribution in [1.82, 2.24) is 0 Å². The minimum Gasteiger partial charge on any atom is -0.482 e. The number of para-hydroxylation sites is 1. The van der Waals surface area contributed by atoms with Crippen molar-refractivity contribution in [3.8, 4) is 5.75 Å². The van der Waals surface area contributed by atoms with Crippen LogP contribution in [-0.4, -0.2) is 27.5 Å². The third-order valence-corrected chi connectivity index (χ3v) is 7.79. The molecule has 1 heterocycles. The first-order valence-corrected chi connectivity index (χ1v) is 12.6. The van der Waals surface area contributed by atoms with E-state index in [1.165, 1.54) is 28.6 Å². The fourth-order valence-electron chi connectivity index (χ4n) is 3.56. The SMILES string of the molecule is O=C(COc1ccc(S(=O)(=O)N2CCCc3ccccc32)cc1Cl)Nc1cc(Cl)ccc1Cl. The minimum absolute atomic E-state index is 0.0479. The Hall–Kier alpha value is -2.45. The largest absolute Gasteiger partial charge is 0.482 e. The summed E-state index contributed by atoms with van der Waals surface area (Å²) in [5.74, 6) is -0.293. The summed E-state index contributed by atoms with van der Waals surface area (Å²) in [7, 11) is -3.81. The van der Waals surface area contributed by atoms with Gasteiger partial charge in [0.05, 0.1) is 26.3 Å². The molecule has 3 aromatic carbocycles. The number of anilines is 2. The van der Waals surface area contributed by atoms with Crippen molar-refractivity contribution in [3.05, 3.63) is 81.3 Å². The number of nitrogens with one attached hydrogen (secondary N) is 1. The van der Waals surface area contributed by atoms with Crippen LogP contribution in [0.15, 0.2) is 65.6 Å². The topological polar surface area (TPSA) is 75.7 Å². The smallest absolute Gasteiger partial charge is 0.264 e. The first kappa shape index (κ1) is 23.7. The molecule has 10 heteroatoms. The summed E-state index contributed by atoms with van der Waals surface area (Å²) in [6, 6.07) is 16.3. The summed E-state index contributed by atoms with van der Waals surface area (Å²) < 4.78 is 33.4. The molecule has 33 heavy (non-hydrogen) atoms. The van der Waals surface area contributed by atoms with E-state index in [2.05, 4.69) is 5.32 Å². The number of sulfonamides is 1. The molecule has 0 aliphatic carbocycles. The molecule has 1 N–H and O–H groups in total. The number of fused-ring (bicyclic) bond motifs is 1. The number of benzene rings is 3. The number of halogens is 3. The van der Waals surface area contributed by atoms with Crippen molar-refractivity contribution in [1.29, 1.82) is 0 Å². The molecule has 6 nitrogen and oxygen atoms in total. The summed E-state index contributed by atoms with van der Waals surface area (Å²) in [6.07, 6.45) is 1.56. The van der Waals surface area contributed by atoms with E-state index in [0.717, 1.165) is 18.4 Å². The van der Waals surface area contributed by atoms with Gasteiger partial charge in [-0.05, 0) is 60.9 Å². The molecule has 0 spiro atoms. The zero-order valence-electron chi connectivity index (χ0n) is 17.2. The van der Waals surface area contributed by atoms with Crippen LogP contribution in [0.1, 0.15) is 12.0 Å². The van der Waals surface area contributed by atoms with Crippen molar-refractivity contribution in [2.24, 2.45) is 0 Å². The number of rotatable bonds is 6. The van der Waals surface area contributed by atoms with Gasteiger partial charge in [-0.3, -0.25) is 9.10 Å². The van der Waals surface area contributed by atoms with E-state index in [-0.39, 0.29) is 22.3 Å². The minimum atomic E-state index is -3.81. The van der Waals surface area contributed by atoms with Crippen LogP contribution >= 0.6 is 34.8 Å². The third kappa shape index (κ3) is 5.22. The van der Waals surface area contributed by atoms with Crippen LogP contribution in [0.4, 0.5) is 11.4 Å². The van der Waals surface area contributed by atoms with E-state index >= 15 is 0 Å². The summed E-state index contributed by atoms with van der Waals surface area (Å²) in [4.78, 5) is 12.3. The van der Waals surface area contributed by atoms with Gasteiger partial charge in [-0.15, -0.1) is 0 Å². The monoisotopic (exact) mass is 524 g/mol. The molecular formula is C23H19Cl3N2O4S. The Balaban J connectivity index is 1.47. The first-order chi connectivity index (χ1) is 15.8. The maximum Gasteiger partial charge on any atom is 0.264 e. The second-order valence-electron chi connectivity index (χ2n) is 7.36. The van der Waals surface area contributed by atoms with E-state index in [1.54, 1.807) is 18.2 Å². The Morgan fingerprint density at radius 3 is 2.58 bits per heavy atom.